The molecule has 0 aromatic heterocycles. The van der Waals surface area contributed by atoms with E-state index in [0.29, 0.717) is 10.7 Å². The summed E-state index contributed by atoms with van der Waals surface area (Å²) in [6, 6.07) is 7.21. The SMILES string of the molecule is CC(C(=O)Nc1ccccc1Cl)N1CCCC1. The van der Waals surface area contributed by atoms with Gasteiger partial charge >= 0.3 is 0 Å². The average Bonchev–Trinajstić information content (AvgIpc) is 2.84. The molecule has 1 saturated heterocycles. The van der Waals surface area contributed by atoms with Gasteiger partial charge in [0.1, 0.15) is 0 Å². The summed E-state index contributed by atoms with van der Waals surface area (Å²) in [5.41, 5.74) is 0.685. The zero-order valence-electron chi connectivity index (χ0n) is 9.95. The highest BCUT2D eigenvalue weighted by molar-refractivity contribution is 6.33. The number of benzene rings is 1. The Morgan fingerprint density at radius 2 is 2.00 bits per heavy atom. The van der Waals surface area contributed by atoms with Crippen LogP contribution < -0.4 is 5.32 Å². The van der Waals surface area contributed by atoms with E-state index in [9.17, 15) is 4.79 Å². The summed E-state index contributed by atoms with van der Waals surface area (Å²) in [7, 11) is 0. The number of carbonyl (C=O) groups excluding carboxylic acids is 1. The van der Waals surface area contributed by atoms with Crippen LogP contribution in [-0.4, -0.2) is 29.9 Å². The van der Waals surface area contributed by atoms with E-state index in [4.69, 9.17) is 11.6 Å². The summed E-state index contributed by atoms with van der Waals surface area (Å²) >= 11 is 6.00. The van der Waals surface area contributed by atoms with Gasteiger partial charge in [-0.05, 0) is 45.0 Å². The van der Waals surface area contributed by atoms with Gasteiger partial charge in [0, 0.05) is 0 Å². The number of rotatable bonds is 3. The monoisotopic (exact) mass is 252 g/mol. The Morgan fingerprint density at radius 1 is 1.35 bits per heavy atom. The summed E-state index contributed by atoms with van der Waals surface area (Å²) in [6.45, 7) is 3.96. The minimum Gasteiger partial charge on any atom is -0.323 e. The quantitative estimate of drug-likeness (QED) is 0.897. The zero-order valence-corrected chi connectivity index (χ0v) is 10.7. The van der Waals surface area contributed by atoms with Crippen molar-refractivity contribution >= 4 is 23.2 Å². The summed E-state index contributed by atoms with van der Waals surface area (Å²) in [4.78, 5) is 14.2. The number of amides is 1. The third-order valence-electron chi connectivity index (χ3n) is 3.20. The first-order valence-corrected chi connectivity index (χ1v) is 6.36. The van der Waals surface area contributed by atoms with Crippen LogP contribution in [0.15, 0.2) is 24.3 Å². The molecular weight excluding hydrogens is 236 g/mol. The maximum absolute atomic E-state index is 12.0. The molecule has 1 N–H and O–H groups in total. The highest BCUT2D eigenvalue weighted by Crippen LogP contribution is 2.21. The van der Waals surface area contributed by atoms with Crippen LogP contribution in [0, 0.1) is 0 Å². The number of anilines is 1. The fourth-order valence-electron chi connectivity index (χ4n) is 2.09. The number of carbonyl (C=O) groups is 1. The Hall–Kier alpha value is -1.06. The molecule has 0 aliphatic carbocycles. The van der Waals surface area contributed by atoms with Crippen LogP contribution in [0.5, 0.6) is 0 Å². The Labute approximate surface area is 107 Å². The lowest BCUT2D eigenvalue weighted by Gasteiger charge is -2.22. The number of hydrogen-bond donors (Lipinski definition) is 1. The van der Waals surface area contributed by atoms with Gasteiger partial charge < -0.3 is 5.32 Å². The average molecular weight is 253 g/mol. The summed E-state index contributed by atoms with van der Waals surface area (Å²) in [6.07, 6.45) is 2.37. The molecule has 1 heterocycles. The summed E-state index contributed by atoms with van der Waals surface area (Å²) < 4.78 is 0. The van der Waals surface area contributed by atoms with E-state index in [1.807, 2.05) is 25.1 Å². The van der Waals surface area contributed by atoms with Crippen molar-refractivity contribution < 1.29 is 4.79 Å². The molecule has 4 heteroatoms. The van der Waals surface area contributed by atoms with Gasteiger partial charge in [-0.3, -0.25) is 9.69 Å². The van der Waals surface area contributed by atoms with Crippen LogP contribution in [0.2, 0.25) is 5.02 Å². The van der Waals surface area contributed by atoms with Crippen LogP contribution in [0.1, 0.15) is 19.8 Å². The lowest BCUT2D eigenvalue weighted by Crippen LogP contribution is -2.40. The molecular formula is C13H17ClN2O. The molecule has 1 aliphatic rings. The van der Waals surface area contributed by atoms with E-state index >= 15 is 0 Å². The number of halogens is 1. The highest BCUT2D eigenvalue weighted by Gasteiger charge is 2.24. The lowest BCUT2D eigenvalue weighted by atomic mass is 10.2. The van der Waals surface area contributed by atoms with Crippen LogP contribution in [-0.2, 0) is 4.79 Å². The first-order chi connectivity index (χ1) is 8.18. The van der Waals surface area contributed by atoms with Crippen LogP contribution in [0.3, 0.4) is 0 Å². The number of nitrogens with zero attached hydrogens (tertiary/aromatic N) is 1. The Balaban J connectivity index is 1.99. The molecule has 1 aliphatic heterocycles. The molecule has 17 heavy (non-hydrogen) atoms. The van der Waals surface area contributed by atoms with Crippen molar-refractivity contribution in [3.8, 4) is 0 Å². The number of hydrogen-bond acceptors (Lipinski definition) is 2. The van der Waals surface area contributed by atoms with Gasteiger partial charge in [-0.25, -0.2) is 0 Å². The molecule has 0 spiro atoms. The predicted molar refractivity (Wildman–Crippen MR) is 70.4 cm³/mol. The fourth-order valence-corrected chi connectivity index (χ4v) is 2.28. The molecule has 0 radical (unpaired) electrons. The molecule has 1 fully saturated rings. The van der Waals surface area contributed by atoms with Gasteiger partial charge in [0.2, 0.25) is 5.91 Å². The predicted octanol–water partition coefficient (Wildman–Crippen LogP) is 2.76. The van der Waals surface area contributed by atoms with Crippen LogP contribution >= 0.6 is 11.6 Å². The van der Waals surface area contributed by atoms with E-state index in [2.05, 4.69) is 10.2 Å². The molecule has 1 unspecified atom stereocenters. The number of likely N-dealkylation sites (tertiary alicyclic amines) is 1. The van der Waals surface area contributed by atoms with Crippen molar-refractivity contribution in [3.63, 3.8) is 0 Å². The maximum Gasteiger partial charge on any atom is 0.241 e. The lowest BCUT2D eigenvalue weighted by molar-refractivity contribution is -0.120. The van der Waals surface area contributed by atoms with Crippen molar-refractivity contribution in [1.82, 2.24) is 4.90 Å². The van der Waals surface area contributed by atoms with Crippen molar-refractivity contribution in [2.45, 2.75) is 25.8 Å². The zero-order chi connectivity index (χ0) is 12.3. The largest absolute Gasteiger partial charge is 0.323 e. The minimum atomic E-state index is -0.0891. The molecule has 1 atom stereocenters. The van der Waals surface area contributed by atoms with Crippen molar-refractivity contribution in [2.24, 2.45) is 0 Å². The van der Waals surface area contributed by atoms with Gasteiger partial charge in [0.25, 0.3) is 0 Å². The number of para-hydroxylation sites is 1. The van der Waals surface area contributed by atoms with Gasteiger partial charge in [-0.2, -0.15) is 0 Å². The first-order valence-electron chi connectivity index (χ1n) is 5.98. The van der Waals surface area contributed by atoms with Crippen LogP contribution in [0.25, 0.3) is 0 Å². The molecule has 3 nitrogen and oxygen atoms in total. The second-order valence-electron chi connectivity index (χ2n) is 4.39. The molecule has 0 bridgehead atoms. The normalized spacial score (nSPS) is 18.0. The van der Waals surface area contributed by atoms with E-state index in [1.165, 1.54) is 12.8 Å². The van der Waals surface area contributed by atoms with Gasteiger partial charge in [0.15, 0.2) is 0 Å². The van der Waals surface area contributed by atoms with Crippen molar-refractivity contribution in [3.05, 3.63) is 29.3 Å². The van der Waals surface area contributed by atoms with E-state index in [1.54, 1.807) is 6.07 Å². The molecule has 2 rings (SSSR count). The maximum atomic E-state index is 12.0. The highest BCUT2D eigenvalue weighted by atomic mass is 35.5. The molecule has 1 aromatic carbocycles. The van der Waals surface area contributed by atoms with Gasteiger partial charge in [-0.1, -0.05) is 23.7 Å². The fraction of sp³-hybridized carbons (Fsp3) is 0.462. The summed E-state index contributed by atoms with van der Waals surface area (Å²) in [5.74, 6) is 0.0139. The second-order valence-corrected chi connectivity index (χ2v) is 4.80. The van der Waals surface area contributed by atoms with Crippen molar-refractivity contribution in [1.29, 1.82) is 0 Å². The van der Waals surface area contributed by atoms with E-state index in [0.717, 1.165) is 13.1 Å². The van der Waals surface area contributed by atoms with E-state index < -0.39 is 0 Å². The van der Waals surface area contributed by atoms with Gasteiger partial charge in [-0.15, -0.1) is 0 Å². The molecule has 1 amide bonds. The number of nitrogens with one attached hydrogen (secondary N) is 1. The molecule has 0 saturated carbocycles. The van der Waals surface area contributed by atoms with Gasteiger partial charge in [0.05, 0.1) is 16.8 Å². The summed E-state index contributed by atoms with van der Waals surface area (Å²) in [5, 5.41) is 3.45. The molecule has 92 valence electrons. The third-order valence-corrected chi connectivity index (χ3v) is 3.53. The Kier molecular flexibility index (Phi) is 4.02. The van der Waals surface area contributed by atoms with E-state index in [-0.39, 0.29) is 11.9 Å². The Bertz CT molecular complexity index is 402. The standard InChI is InChI=1S/C13H17ClN2O/c1-10(16-8-4-5-9-16)13(17)15-12-7-3-2-6-11(12)14/h2-3,6-7,10H,4-5,8-9H2,1H3,(H,15,17). The second kappa shape index (κ2) is 5.52. The molecule has 1 aromatic rings. The topological polar surface area (TPSA) is 32.3 Å². The minimum absolute atomic E-state index is 0.0139. The first kappa shape index (κ1) is 12.4. The smallest absolute Gasteiger partial charge is 0.241 e. The Morgan fingerprint density at radius 3 is 2.65 bits per heavy atom. The third kappa shape index (κ3) is 2.99. The van der Waals surface area contributed by atoms with Crippen LogP contribution in [0.4, 0.5) is 5.69 Å². The van der Waals surface area contributed by atoms with Crippen molar-refractivity contribution in [2.75, 3.05) is 18.4 Å².